The van der Waals surface area contributed by atoms with Crippen LogP contribution in [-0.4, -0.2) is 20.4 Å². The number of hydrogen-bond donors (Lipinski definition) is 0. The maximum atomic E-state index is 15.4. The lowest BCUT2D eigenvalue weighted by Crippen LogP contribution is -2.81. The molecule has 0 fully saturated rings. The summed E-state index contributed by atoms with van der Waals surface area (Å²) >= 11 is 0. The molecule has 7 aromatic rings. The molecule has 0 aliphatic heterocycles. The first-order valence-corrected chi connectivity index (χ1v) is 19.5. The molecule has 0 spiro atoms. The summed E-state index contributed by atoms with van der Waals surface area (Å²) < 4.78 is 305. The maximum Gasteiger partial charge on any atom is 0.200 e. The summed E-state index contributed by atoms with van der Waals surface area (Å²) in [4.78, 5) is 3.83. The second-order valence-corrected chi connectivity index (χ2v) is 15.8. The summed E-state index contributed by atoms with van der Waals surface area (Å²) in [6.45, 7) is 0. The number of rotatable bonds is 9. The molecule has 0 aromatic heterocycles. The van der Waals surface area contributed by atoms with Crippen LogP contribution in [0, 0.1) is 116 Å². The van der Waals surface area contributed by atoms with Crippen LogP contribution in [0.15, 0.2) is 93.5 Å². The molecule has 0 radical (unpaired) electrons. The average molecular weight is 1000 g/mol. The van der Waals surface area contributed by atoms with Gasteiger partial charge in [-0.1, -0.05) is 18.2 Å². The molecule has 0 aliphatic rings. The zero-order chi connectivity index (χ0) is 50.4. The summed E-state index contributed by atoms with van der Waals surface area (Å²) in [7, 11) is 3.23. The van der Waals surface area contributed by atoms with Crippen LogP contribution in [0.2, 0.25) is 0 Å². The van der Waals surface area contributed by atoms with Gasteiger partial charge >= 0.3 is 0 Å². The van der Waals surface area contributed by atoms with Gasteiger partial charge in [-0.2, -0.15) is 0 Å². The van der Waals surface area contributed by atoms with E-state index in [1.807, 2.05) is 30.3 Å². The predicted octanol–water partition coefficient (Wildman–Crippen LogP) is 10.6. The van der Waals surface area contributed by atoms with Crippen molar-refractivity contribution in [2.45, 2.75) is 14.7 Å². The van der Waals surface area contributed by atoms with Gasteiger partial charge in [0.05, 0.1) is 25.1 Å². The summed E-state index contributed by atoms with van der Waals surface area (Å²) in [5, 5.41) is 0. The Hall–Kier alpha value is -6.85. The summed E-state index contributed by atoms with van der Waals surface area (Å²) in [6, 6.07) is 27.2. The minimum Gasteiger partial charge on any atom is -0.497 e. The Morgan fingerprint density at radius 2 is 0.456 bits per heavy atom. The number of ether oxygens (including phenoxy) is 2. The minimum atomic E-state index is -7.22. The second-order valence-electron chi connectivity index (χ2n) is 13.8. The topological polar surface area (TPSA) is 18.5 Å². The van der Waals surface area contributed by atoms with Crippen molar-refractivity contribution in [3.8, 4) is 11.5 Å². The standard InChI is InChI=1S/C24BF20.C20H19O2S/c26-5-1(6(27)14(35)21(42)13(5)34)25(2-7(28)15(36)22(43)16(37)8(2)29,3-9(30)17(38)23(44)18(39)10(3)31)4-11(32)19(40)24(45)20(41)12(4)33;1-21-16-8-12-19(13-9-16)23(18-6-4-3-5-7-18)20-14-10-17(22-2)11-15-20/h;3-15H,1-2H3/q-1;+1. The summed E-state index contributed by atoms with van der Waals surface area (Å²) in [6.07, 6.45) is -7.22. The van der Waals surface area contributed by atoms with E-state index in [4.69, 9.17) is 9.47 Å². The Morgan fingerprint density at radius 3 is 0.662 bits per heavy atom. The van der Waals surface area contributed by atoms with Crippen LogP contribution in [0.4, 0.5) is 87.8 Å². The first-order chi connectivity index (χ1) is 32.0. The third-order valence-corrected chi connectivity index (χ3v) is 12.5. The third-order valence-electron chi connectivity index (χ3n) is 10.3. The van der Waals surface area contributed by atoms with Gasteiger partial charge in [0.1, 0.15) is 64.2 Å². The van der Waals surface area contributed by atoms with Gasteiger partial charge < -0.3 is 9.47 Å². The van der Waals surface area contributed by atoms with E-state index in [0.29, 0.717) is 0 Å². The zero-order valence-electron chi connectivity index (χ0n) is 33.4. The van der Waals surface area contributed by atoms with E-state index in [1.165, 1.54) is 14.7 Å². The highest BCUT2D eigenvalue weighted by Gasteiger charge is 2.52. The second kappa shape index (κ2) is 19.4. The van der Waals surface area contributed by atoms with Gasteiger partial charge in [0, 0.05) is 0 Å². The van der Waals surface area contributed by atoms with Crippen LogP contribution in [-0.2, 0) is 10.9 Å². The fourth-order valence-corrected chi connectivity index (χ4v) is 9.32. The van der Waals surface area contributed by atoms with Gasteiger partial charge in [-0.3, -0.25) is 0 Å². The van der Waals surface area contributed by atoms with Crippen molar-refractivity contribution in [1.29, 1.82) is 0 Å². The molecule has 0 saturated carbocycles. The van der Waals surface area contributed by atoms with Gasteiger partial charge in [-0.25, -0.2) is 87.8 Å². The highest BCUT2D eigenvalue weighted by atomic mass is 32.2. The van der Waals surface area contributed by atoms with Crippen LogP contribution >= 0.6 is 0 Å². The molecule has 356 valence electrons. The molecule has 7 aromatic carbocycles. The molecule has 0 bridgehead atoms. The van der Waals surface area contributed by atoms with Crippen molar-refractivity contribution in [3.63, 3.8) is 0 Å². The Labute approximate surface area is 371 Å². The summed E-state index contributed by atoms with van der Waals surface area (Å²) in [5.41, 5.74) is -14.3. The predicted molar refractivity (Wildman–Crippen MR) is 204 cm³/mol. The van der Waals surface area contributed by atoms with Gasteiger partial charge in [0.25, 0.3) is 0 Å². The zero-order valence-corrected chi connectivity index (χ0v) is 34.2. The maximum absolute atomic E-state index is 15.4. The molecule has 0 amide bonds. The Kier molecular flexibility index (Phi) is 14.4. The number of halogens is 20. The van der Waals surface area contributed by atoms with Crippen LogP contribution in [0.5, 0.6) is 11.5 Å². The van der Waals surface area contributed by atoms with Gasteiger partial charge in [0.15, 0.2) is 84.5 Å². The molecule has 24 heteroatoms. The van der Waals surface area contributed by atoms with Gasteiger partial charge in [-0.05, 0) is 60.7 Å². The molecule has 0 heterocycles. The van der Waals surface area contributed by atoms with E-state index >= 15 is 35.1 Å². The first-order valence-electron chi connectivity index (χ1n) is 18.3. The van der Waals surface area contributed by atoms with Crippen LogP contribution in [0.1, 0.15) is 0 Å². The van der Waals surface area contributed by atoms with Crippen molar-refractivity contribution in [1.82, 2.24) is 0 Å². The molecule has 0 saturated heterocycles. The van der Waals surface area contributed by atoms with Crippen molar-refractivity contribution >= 4 is 38.9 Å². The van der Waals surface area contributed by atoms with Crippen LogP contribution < -0.4 is 31.3 Å². The summed E-state index contributed by atoms with van der Waals surface area (Å²) in [5.74, 6) is -69.7. The highest BCUT2D eigenvalue weighted by Crippen LogP contribution is 2.34. The third kappa shape index (κ3) is 8.10. The monoisotopic (exact) mass is 1000 g/mol. The molecule has 2 nitrogen and oxygen atoms in total. The molecule has 0 aliphatic carbocycles. The average Bonchev–Trinajstić information content (AvgIpc) is 3.34. The molecule has 0 atom stereocenters. The van der Waals surface area contributed by atoms with E-state index in [0.717, 1.165) is 11.5 Å². The Bertz CT molecular complexity index is 2660. The fraction of sp³-hybridized carbons (Fsp3) is 0.0455. The minimum absolute atomic E-state index is 0.146. The highest BCUT2D eigenvalue weighted by molar-refractivity contribution is 7.97. The largest absolute Gasteiger partial charge is 0.497 e. The molecular weight excluding hydrogens is 983 g/mol. The molecule has 0 N–H and O–H groups in total. The van der Waals surface area contributed by atoms with E-state index in [2.05, 4.69) is 48.5 Å². The van der Waals surface area contributed by atoms with Crippen molar-refractivity contribution in [2.24, 2.45) is 0 Å². The van der Waals surface area contributed by atoms with Crippen molar-refractivity contribution < 1.29 is 97.3 Å². The smallest absolute Gasteiger partial charge is 0.200 e. The lowest BCUT2D eigenvalue weighted by Gasteiger charge is -2.44. The fourth-order valence-electron chi connectivity index (χ4n) is 7.26. The van der Waals surface area contributed by atoms with Gasteiger partial charge in [0.2, 0.25) is 0 Å². The molecular formula is C44H19BF20O2S. The molecule has 7 rings (SSSR count). The van der Waals surface area contributed by atoms with Crippen molar-refractivity contribution in [3.05, 3.63) is 195 Å². The van der Waals surface area contributed by atoms with Gasteiger partial charge in [-0.15, -0.1) is 21.9 Å². The van der Waals surface area contributed by atoms with E-state index < -0.39 is 144 Å². The van der Waals surface area contributed by atoms with E-state index in [-0.39, 0.29) is 10.9 Å². The quantitative estimate of drug-likeness (QED) is 0.0472. The normalized spacial score (nSPS) is 11.5. The SMILES string of the molecule is COc1ccc([S+](c2ccccc2)c2ccc(OC)cc2)cc1.Fc1c(F)c(F)c([B-](c2c(F)c(F)c(F)c(F)c2F)(c2c(F)c(F)c(F)c(F)c2F)c2c(F)c(F)c(F)c(F)c2F)c(F)c1F. The van der Waals surface area contributed by atoms with Crippen molar-refractivity contribution in [2.75, 3.05) is 14.2 Å². The van der Waals surface area contributed by atoms with E-state index in [9.17, 15) is 52.7 Å². The lowest BCUT2D eigenvalue weighted by atomic mass is 9.12. The van der Waals surface area contributed by atoms with E-state index in [1.54, 1.807) is 14.2 Å². The number of hydrogen-bond acceptors (Lipinski definition) is 2. The Balaban J connectivity index is 0.000000276. The number of methoxy groups -OCH3 is 2. The first kappa shape index (κ1) is 50.6. The Morgan fingerprint density at radius 1 is 0.265 bits per heavy atom. The van der Waals surface area contributed by atoms with Crippen LogP contribution in [0.3, 0.4) is 0 Å². The number of benzene rings is 7. The molecule has 68 heavy (non-hydrogen) atoms. The van der Waals surface area contributed by atoms with Crippen LogP contribution in [0.25, 0.3) is 0 Å². The lowest BCUT2D eigenvalue weighted by molar-refractivity contribution is 0.378. The molecule has 0 unspecified atom stereocenters.